The highest BCUT2D eigenvalue weighted by molar-refractivity contribution is 6.64. The smallest absolute Gasteiger partial charge is 0.290 e. The van der Waals surface area contributed by atoms with E-state index in [0.717, 1.165) is 48.1 Å². The summed E-state index contributed by atoms with van der Waals surface area (Å²) in [5.74, 6) is 0.472. The Kier molecular flexibility index (Phi) is 6.72. The molecule has 141 valence electrons. The number of allylic oxidation sites excluding steroid dienone is 1. The van der Waals surface area contributed by atoms with Crippen molar-refractivity contribution in [3.05, 3.63) is 41.1 Å². The molecule has 0 aromatic heterocycles. The molecule has 1 unspecified atom stereocenters. The molecule has 1 fully saturated rings. The van der Waals surface area contributed by atoms with Crippen LogP contribution in [0, 0.1) is 5.92 Å². The van der Waals surface area contributed by atoms with Crippen molar-refractivity contribution in [2.45, 2.75) is 64.5 Å². The second kappa shape index (κ2) is 9.22. The van der Waals surface area contributed by atoms with Crippen molar-refractivity contribution in [3.8, 4) is 0 Å². The van der Waals surface area contributed by atoms with Crippen LogP contribution in [0.5, 0.6) is 0 Å². The lowest BCUT2D eigenvalue weighted by Crippen LogP contribution is -2.46. The molecule has 1 N–H and O–H groups in total. The third kappa shape index (κ3) is 4.80. The van der Waals surface area contributed by atoms with Gasteiger partial charge >= 0.3 is 0 Å². The monoisotopic (exact) mass is 364 g/mol. The Labute approximate surface area is 162 Å². The third-order valence-corrected chi connectivity index (χ3v) is 5.64. The molecule has 6 heteroatoms. The molecule has 0 spiro atoms. The summed E-state index contributed by atoms with van der Waals surface area (Å²) in [6.45, 7) is 4.01. The van der Waals surface area contributed by atoms with E-state index in [1.54, 1.807) is 0 Å². The molecular weight excluding hydrogens is 337 g/mol. The van der Waals surface area contributed by atoms with Gasteiger partial charge in [-0.25, -0.2) is 0 Å². The van der Waals surface area contributed by atoms with Crippen molar-refractivity contribution in [2.75, 3.05) is 0 Å². The molecule has 1 saturated carbocycles. The summed E-state index contributed by atoms with van der Waals surface area (Å²) >= 11 is 0. The van der Waals surface area contributed by atoms with Crippen LogP contribution in [0.1, 0.15) is 57.1 Å². The fourth-order valence-electron chi connectivity index (χ4n) is 4.25. The number of benzene rings is 1. The minimum Gasteiger partial charge on any atom is -0.345 e. The van der Waals surface area contributed by atoms with Gasteiger partial charge in [0.15, 0.2) is 5.78 Å². The zero-order valence-corrected chi connectivity index (χ0v) is 16.1. The van der Waals surface area contributed by atoms with Gasteiger partial charge in [-0.3, -0.25) is 4.79 Å². The van der Waals surface area contributed by atoms with E-state index in [-0.39, 0.29) is 17.9 Å². The van der Waals surface area contributed by atoms with E-state index in [0.29, 0.717) is 18.5 Å². The lowest BCUT2D eigenvalue weighted by Gasteiger charge is -2.29. The topological polar surface area (TPSA) is 70.9 Å². The van der Waals surface area contributed by atoms with Crippen LogP contribution < -0.4 is 5.23 Å². The normalized spacial score (nSPS) is 21.3. The van der Waals surface area contributed by atoms with Gasteiger partial charge < -0.3 is 10.0 Å². The number of rotatable bonds is 8. The fourth-order valence-corrected chi connectivity index (χ4v) is 4.25. The van der Waals surface area contributed by atoms with E-state index in [1.165, 1.54) is 13.8 Å². The molecule has 2 aliphatic rings. The van der Waals surface area contributed by atoms with Crippen LogP contribution in [-0.2, 0) is 16.0 Å². The minimum atomic E-state index is -0.271. The fraction of sp³-hybridized carbons (Fsp3) is 0.524. The number of Topliss-reactive ketones (excluding diaryl/α,β-unsaturated/α-hetero) is 1. The second-order valence-corrected chi connectivity index (χ2v) is 7.58. The Morgan fingerprint density at radius 1 is 1.26 bits per heavy atom. The van der Waals surface area contributed by atoms with E-state index in [9.17, 15) is 9.59 Å². The molecular formula is C21H27BN3O2. The summed E-state index contributed by atoms with van der Waals surface area (Å²) in [5, 5.41) is 11.4. The summed E-state index contributed by atoms with van der Waals surface area (Å²) < 4.78 is 0. The Morgan fingerprint density at radius 3 is 2.56 bits per heavy atom. The third-order valence-electron chi connectivity index (χ3n) is 5.64. The van der Waals surface area contributed by atoms with Crippen molar-refractivity contribution in [1.29, 1.82) is 0 Å². The molecule has 1 aromatic carbocycles. The number of hydrogen-bond acceptors (Lipinski definition) is 5. The average molecular weight is 364 g/mol. The van der Waals surface area contributed by atoms with E-state index >= 15 is 0 Å². The summed E-state index contributed by atoms with van der Waals surface area (Å²) in [6, 6.07) is 7.94. The number of carbonyl (C=O) groups is 2. The van der Waals surface area contributed by atoms with E-state index < -0.39 is 0 Å². The number of hydrogen-bond donors (Lipinski definition) is 1. The number of nitrogens with one attached hydrogen (secondary N) is 1. The molecule has 0 amide bonds. The number of nitrogens with zero attached hydrogens (tertiary/aromatic N) is 2. The van der Waals surface area contributed by atoms with Gasteiger partial charge in [-0.1, -0.05) is 43.5 Å². The Bertz CT molecular complexity index is 736. The zero-order chi connectivity index (χ0) is 19.2. The van der Waals surface area contributed by atoms with Crippen LogP contribution in [0.3, 0.4) is 0 Å². The molecule has 1 heterocycles. The van der Waals surface area contributed by atoms with Crippen molar-refractivity contribution in [1.82, 2.24) is 5.23 Å². The van der Waals surface area contributed by atoms with Gasteiger partial charge in [0.2, 0.25) is 0 Å². The predicted molar refractivity (Wildman–Crippen MR) is 108 cm³/mol. The van der Waals surface area contributed by atoms with Crippen LogP contribution in [0.2, 0.25) is 0 Å². The zero-order valence-electron chi connectivity index (χ0n) is 16.1. The molecule has 5 nitrogen and oxygen atoms in total. The predicted octanol–water partition coefficient (Wildman–Crippen LogP) is 3.73. The van der Waals surface area contributed by atoms with Crippen molar-refractivity contribution >= 4 is 25.0 Å². The first-order valence-corrected chi connectivity index (χ1v) is 9.87. The van der Waals surface area contributed by atoms with Gasteiger partial charge in [-0.15, -0.1) is 0 Å². The van der Waals surface area contributed by atoms with Crippen molar-refractivity contribution < 1.29 is 9.59 Å². The lowest BCUT2D eigenvalue weighted by molar-refractivity contribution is -0.121. The maximum absolute atomic E-state index is 12.9. The maximum atomic E-state index is 12.9. The summed E-state index contributed by atoms with van der Waals surface area (Å²) in [5.41, 5.74) is 4.21. The van der Waals surface area contributed by atoms with E-state index in [1.807, 2.05) is 26.0 Å². The van der Waals surface area contributed by atoms with Gasteiger partial charge in [-0.2, -0.15) is 10.2 Å². The molecule has 1 aromatic rings. The summed E-state index contributed by atoms with van der Waals surface area (Å²) in [4.78, 5) is 23.7. The van der Waals surface area contributed by atoms with Crippen LogP contribution in [-0.4, -0.2) is 31.5 Å². The molecule has 2 atom stereocenters. The maximum Gasteiger partial charge on any atom is 0.290 e. The van der Waals surface area contributed by atoms with Crippen molar-refractivity contribution in [3.63, 3.8) is 0 Å². The van der Waals surface area contributed by atoms with Crippen LogP contribution >= 0.6 is 0 Å². The van der Waals surface area contributed by atoms with E-state index in [4.69, 9.17) is 0 Å². The van der Waals surface area contributed by atoms with Gasteiger partial charge in [0.25, 0.3) is 7.41 Å². The highest BCUT2D eigenvalue weighted by Gasteiger charge is 2.29. The summed E-state index contributed by atoms with van der Waals surface area (Å²) in [7, 11) is 1.37. The SMILES string of the molecule is CC1=C(c2ccc(CC(=O)[C@@H](N[B]C=O)C3CCCCC3)cc2)C(C)N=N1. The minimum absolute atomic E-state index is 0.0799. The molecule has 1 radical (unpaired) electrons. The van der Waals surface area contributed by atoms with Crippen molar-refractivity contribution in [2.24, 2.45) is 16.1 Å². The standard InChI is InChI=1S/C21H27BN3O2/c1-14-20(15(2)25-24-14)17-10-8-16(9-11-17)12-19(27)21(23-22-13-26)18-6-4-3-5-7-18/h8-11,13-14,18,21,23H,3-7,12H2,1-2H3/t14?,21-/m0/s1. The van der Waals surface area contributed by atoms with E-state index in [2.05, 4.69) is 27.6 Å². The molecule has 0 saturated heterocycles. The molecule has 1 aliphatic heterocycles. The number of ketones is 1. The first kappa shape index (κ1) is 19.7. The quantitative estimate of drug-likeness (QED) is 0.564. The largest absolute Gasteiger partial charge is 0.345 e. The molecule has 3 rings (SSSR count). The van der Waals surface area contributed by atoms with Gasteiger partial charge in [0.1, 0.15) is 0 Å². The number of carbonyl (C=O) groups excluding carboxylic acids is 2. The Balaban J connectivity index is 1.68. The van der Waals surface area contributed by atoms with Crippen LogP contribution in [0.25, 0.3) is 5.57 Å². The first-order chi connectivity index (χ1) is 13.1. The van der Waals surface area contributed by atoms with Crippen LogP contribution in [0.4, 0.5) is 0 Å². The average Bonchev–Trinajstić information content (AvgIpc) is 3.02. The highest BCUT2D eigenvalue weighted by Crippen LogP contribution is 2.31. The molecule has 1 aliphatic carbocycles. The second-order valence-electron chi connectivity index (χ2n) is 7.58. The van der Waals surface area contributed by atoms with Gasteiger partial charge in [0, 0.05) is 12.0 Å². The Morgan fingerprint density at radius 2 is 1.96 bits per heavy atom. The highest BCUT2D eigenvalue weighted by atomic mass is 16.1. The van der Waals surface area contributed by atoms with Gasteiger partial charge in [0.05, 0.1) is 24.0 Å². The van der Waals surface area contributed by atoms with Gasteiger partial charge in [-0.05, 0) is 43.7 Å². The Hall–Kier alpha value is -2.08. The molecule has 27 heavy (non-hydrogen) atoms. The summed E-state index contributed by atoms with van der Waals surface area (Å²) in [6.07, 6.45) is 6.75. The number of azo groups is 1. The lowest BCUT2D eigenvalue weighted by atomic mass is 9.79. The van der Waals surface area contributed by atoms with Crippen LogP contribution in [0.15, 0.2) is 40.2 Å². The first-order valence-electron chi connectivity index (χ1n) is 9.87. The molecule has 0 bridgehead atoms.